The number of hydrogen-bond donors (Lipinski definition) is 1. The van der Waals surface area contributed by atoms with Gasteiger partial charge in [-0.15, -0.1) is 0 Å². The van der Waals surface area contributed by atoms with Gasteiger partial charge in [-0.2, -0.15) is 11.8 Å². The molecule has 5 nitrogen and oxygen atoms in total. The maximum absolute atomic E-state index is 11.2. The van der Waals surface area contributed by atoms with Gasteiger partial charge in [0.05, 0.1) is 12.7 Å². The van der Waals surface area contributed by atoms with Crippen molar-refractivity contribution in [1.82, 2.24) is 9.80 Å². The fraction of sp³-hybridized carbons (Fsp3) is 0.917. The van der Waals surface area contributed by atoms with Crippen LogP contribution in [0.15, 0.2) is 0 Å². The van der Waals surface area contributed by atoms with Gasteiger partial charge in [0.15, 0.2) is 0 Å². The molecule has 0 saturated carbocycles. The second-order valence-corrected chi connectivity index (χ2v) is 5.96. The number of rotatable bonds is 4. The van der Waals surface area contributed by atoms with Gasteiger partial charge in [-0.3, -0.25) is 14.6 Å². The van der Waals surface area contributed by atoms with Gasteiger partial charge in [-0.05, 0) is 6.54 Å². The van der Waals surface area contributed by atoms with E-state index in [0.717, 1.165) is 45.1 Å². The van der Waals surface area contributed by atoms with Crippen molar-refractivity contribution in [3.8, 4) is 0 Å². The molecule has 2 heterocycles. The predicted molar refractivity (Wildman–Crippen MR) is 72.2 cm³/mol. The molecule has 0 spiro atoms. The Bertz CT molecular complexity index is 290. The van der Waals surface area contributed by atoms with E-state index in [9.17, 15) is 9.90 Å². The number of nitrogens with zero attached hydrogens (tertiary/aromatic N) is 2. The summed E-state index contributed by atoms with van der Waals surface area (Å²) in [5.74, 6) is 1.01. The van der Waals surface area contributed by atoms with E-state index < -0.39 is 5.97 Å². The number of thioether (sulfide) groups is 1. The first kappa shape index (κ1) is 14.1. The lowest BCUT2D eigenvalue weighted by Gasteiger charge is -2.38. The summed E-state index contributed by atoms with van der Waals surface area (Å²) in [6.07, 6.45) is 0.156. The van der Waals surface area contributed by atoms with Gasteiger partial charge in [0, 0.05) is 37.7 Å². The van der Waals surface area contributed by atoms with E-state index in [4.69, 9.17) is 4.74 Å². The Balaban J connectivity index is 1.88. The van der Waals surface area contributed by atoms with Crippen molar-refractivity contribution >= 4 is 17.7 Å². The zero-order valence-corrected chi connectivity index (χ0v) is 11.7. The minimum atomic E-state index is -0.703. The molecule has 0 aromatic rings. The molecule has 2 rings (SSSR count). The SMILES string of the molecule is CCN1CCOC(CN2CCSCC2C(=O)O)C1. The van der Waals surface area contributed by atoms with Crippen LogP contribution in [-0.2, 0) is 9.53 Å². The smallest absolute Gasteiger partial charge is 0.321 e. The Kier molecular flexibility index (Phi) is 5.29. The molecular formula is C12H22N2O3S. The first-order valence-electron chi connectivity index (χ1n) is 6.59. The molecule has 0 aliphatic carbocycles. The fourth-order valence-electron chi connectivity index (χ4n) is 2.52. The van der Waals surface area contributed by atoms with Gasteiger partial charge in [0.25, 0.3) is 0 Å². The van der Waals surface area contributed by atoms with E-state index >= 15 is 0 Å². The number of carboxylic acid groups (broad SMARTS) is 1. The average Bonchev–Trinajstić information content (AvgIpc) is 2.39. The van der Waals surface area contributed by atoms with Crippen LogP contribution in [0, 0.1) is 0 Å². The molecule has 0 aromatic carbocycles. The van der Waals surface area contributed by atoms with Gasteiger partial charge in [0.1, 0.15) is 6.04 Å². The minimum Gasteiger partial charge on any atom is -0.480 e. The number of carboxylic acids is 1. The largest absolute Gasteiger partial charge is 0.480 e. The van der Waals surface area contributed by atoms with E-state index in [1.54, 1.807) is 11.8 Å². The first-order chi connectivity index (χ1) is 8.70. The van der Waals surface area contributed by atoms with Gasteiger partial charge in [-0.1, -0.05) is 6.92 Å². The minimum absolute atomic E-state index is 0.156. The molecule has 2 atom stereocenters. The highest BCUT2D eigenvalue weighted by atomic mass is 32.2. The predicted octanol–water partition coefficient (Wildman–Crippen LogP) is 0.209. The van der Waals surface area contributed by atoms with Crippen molar-refractivity contribution in [3.05, 3.63) is 0 Å². The second-order valence-electron chi connectivity index (χ2n) is 4.81. The fourth-order valence-corrected chi connectivity index (χ4v) is 3.63. The van der Waals surface area contributed by atoms with Crippen LogP contribution in [0.2, 0.25) is 0 Å². The summed E-state index contributed by atoms with van der Waals surface area (Å²) >= 11 is 1.73. The van der Waals surface area contributed by atoms with Crippen LogP contribution in [0.4, 0.5) is 0 Å². The Labute approximate surface area is 112 Å². The summed E-state index contributed by atoms with van der Waals surface area (Å²) in [5, 5.41) is 9.23. The van der Waals surface area contributed by atoms with E-state index in [1.165, 1.54) is 0 Å². The molecule has 2 saturated heterocycles. The average molecular weight is 274 g/mol. The zero-order chi connectivity index (χ0) is 13.0. The monoisotopic (exact) mass is 274 g/mol. The lowest BCUT2D eigenvalue weighted by Crippen LogP contribution is -2.54. The standard InChI is InChI=1S/C12H22N2O3S/c1-2-13-3-5-17-10(7-13)8-14-4-6-18-9-11(14)12(15)16/h10-11H,2-9H2,1H3,(H,15,16). The van der Waals surface area contributed by atoms with Gasteiger partial charge in [0.2, 0.25) is 0 Å². The molecular weight excluding hydrogens is 252 g/mol. The number of ether oxygens (including phenoxy) is 1. The van der Waals surface area contributed by atoms with Crippen molar-refractivity contribution in [2.24, 2.45) is 0 Å². The summed E-state index contributed by atoms with van der Waals surface area (Å²) in [6.45, 7) is 7.47. The van der Waals surface area contributed by atoms with Crippen molar-refractivity contribution in [2.45, 2.75) is 19.1 Å². The number of hydrogen-bond acceptors (Lipinski definition) is 5. The van der Waals surface area contributed by atoms with Crippen LogP contribution >= 0.6 is 11.8 Å². The lowest BCUT2D eigenvalue weighted by molar-refractivity contribution is -0.143. The zero-order valence-electron chi connectivity index (χ0n) is 10.9. The molecule has 2 fully saturated rings. The van der Waals surface area contributed by atoms with Gasteiger partial charge >= 0.3 is 5.97 Å². The molecule has 18 heavy (non-hydrogen) atoms. The molecule has 2 unspecified atom stereocenters. The van der Waals surface area contributed by atoms with Crippen molar-refractivity contribution in [1.29, 1.82) is 0 Å². The first-order valence-corrected chi connectivity index (χ1v) is 7.74. The Morgan fingerprint density at radius 1 is 1.50 bits per heavy atom. The molecule has 6 heteroatoms. The van der Waals surface area contributed by atoms with Crippen LogP contribution in [0.3, 0.4) is 0 Å². The van der Waals surface area contributed by atoms with E-state index in [-0.39, 0.29) is 12.1 Å². The summed E-state index contributed by atoms with van der Waals surface area (Å²) in [4.78, 5) is 15.7. The third-order valence-electron chi connectivity index (χ3n) is 3.63. The van der Waals surface area contributed by atoms with Crippen molar-refractivity contribution < 1.29 is 14.6 Å². The number of likely N-dealkylation sites (N-methyl/N-ethyl adjacent to an activating group) is 1. The Hall–Kier alpha value is -0.300. The van der Waals surface area contributed by atoms with Gasteiger partial charge in [-0.25, -0.2) is 0 Å². The van der Waals surface area contributed by atoms with E-state index in [1.807, 2.05) is 0 Å². The second kappa shape index (κ2) is 6.75. The highest BCUT2D eigenvalue weighted by molar-refractivity contribution is 7.99. The molecule has 104 valence electrons. The third kappa shape index (κ3) is 3.60. The van der Waals surface area contributed by atoms with Gasteiger partial charge < -0.3 is 9.84 Å². The van der Waals surface area contributed by atoms with Crippen LogP contribution in [0.5, 0.6) is 0 Å². The Morgan fingerprint density at radius 3 is 3.06 bits per heavy atom. The molecule has 2 aliphatic heterocycles. The lowest BCUT2D eigenvalue weighted by atomic mass is 10.2. The number of carbonyl (C=O) groups is 1. The van der Waals surface area contributed by atoms with Crippen LogP contribution in [0.1, 0.15) is 6.92 Å². The Morgan fingerprint density at radius 2 is 2.33 bits per heavy atom. The van der Waals surface area contributed by atoms with Crippen LogP contribution in [-0.4, -0.2) is 83.9 Å². The molecule has 0 bridgehead atoms. The molecule has 1 N–H and O–H groups in total. The van der Waals surface area contributed by atoms with Crippen molar-refractivity contribution in [3.63, 3.8) is 0 Å². The van der Waals surface area contributed by atoms with E-state index in [2.05, 4.69) is 16.7 Å². The summed E-state index contributed by atoms with van der Waals surface area (Å²) < 4.78 is 5.76. The van der Waals surface area contributed by atoms with Crippen molar-refractivity contribution in [2.75, 3.05) is 50.8 Å². The molecule has 2 aliphatic rings. The number of morpholine rings is 1. The summed E-state index contributed by atoms with van der Waals surface area (Å²) in [7, 11) is 0. The maximum Gasteiger partial charge on any atom is 0.321 e. The number of aliphatic carboxylic acids is 1. The van der Waals surface area contributed by atoms with Crippen LogP contribution in [0.25, 0.3) is 0 Å². The molecule has 0 aromatic heterocycles. The topological polar surface area (TPSA) is 53.0 Å². The normalized spacial score (nSPS) is 31.4. The quantitative estimate of drug-likeness (QED) is 0.791. The highest BCUT2D eigenvalue weighted by Gasteiger charge is 2.31. The third-order valence-corrected chi connectivity index (χ3v) is 4.66. The summed E-state index contributed by atoms with van der Waals surface area (Å²) in [5.41, 5.74) is 0. The molecule has 0 amide bonds. The maximum atomic E-state index is 11.2. The van der Waals surface area contributed by atoms with E-state index in [0.29, 0.717) is 5.75 Å². The summed E-state index contributed by atoms with van der Waals surface area (Å²) in [6, 6.07) is -0.343. The molecule has 0 radical (unpaired) electrons. The highest BCUT2D eigenvalue weighted by Crippen LogP contribution is 2.18. The van der Waals surface area contributed by atoms with Crippen LogP contribution < -0.4 is 0 Å².